The minimum Gasteiger partial charge on any atom is -0.309 e. The first-order valence-corrected chi connectivity index (χ1v) is 17.4. The summed E-state index contributed by atoms with van der Waals surface area (Å²) in [5, 5.41) is 1.11. The van der Waals surface area contributed by atoms with Gasteiger partial charge in [0, 0.05) is 62.5 Å². The van der Waals surface area contributed by atoms with Gasteiger partial charge < -0.3 is 9.47 Å². The van der Waals surface area contributed by atoms with Gasteiger partial charge in [0.1, 0.15) is 0 Å². The van der Waals surface area contributed by atoms with Crippen molar-refractivity contribution in [3.8, 4) is 62.0 Å². The first-order valence-electron chi connectivity index (χ1n) is 17.4. The van der Waals surface area contributed by atoms with Crippen molar-refractivity contribution in [1.29, 1.82) is 0 Å². The Bertz CT molecular complexity index is 2660. The highest BCUT2D eigenvalue weighted by atomic mass is 15.2. The van der Waals surface area contributed by atoms with E-state index in [0.29, 0.717) is 5.82 Å². The summed E-state index contributed by atoms with van der Waals surface area (Å²) in [6, 6.07) is 61.5. The van der Waals surface area contributed by atoms with E-state index in [-0.39, 0.29) is 0 Å². The van der Waals surface area contributed by atoms with E-state index in [1.54, 1.807) is 0 Å². The zero-order valence-electron chi connectivity index (χ0n) is 28.1. The zero-order chi connectivity index (χ0) is 34.4. The average Bonchev–Trinajstić information content (AvgIpc) is 3.51. The number of hydrogen-bond acceptors (Lipinski definition) is 4. The van der Waals surface area contributed by atoms with E-state index in [0.717, 1.165) is 78.6 Å². The lowest BCUT2D eigenvalue weighted by Gasteiger charge is -2.27. The Kier molecular flexibility index (Phi) is 7.07. The third-order valence-electron chi connectivity index (χ3n) is 9.85. The molecule has 0 N–H and O–H groups in total. The highest BCUT2D eigenvalue weighted by Crippen LogP contribution is 2.54. The minimum atomic E-state index is 0.702. The van der Waals surface area contributed by atoms with Gasteiger partial charge in [0.25, 0.3) is 0 Å². The molecule has 0 saturated carbocycles. The number of anilines is 3. The maximum absolute atomic E-state index is 5.08. The quantitative estimate of drug-likeness (QED) is 0.184. The van der Waals surface area contributed by atoms with Crippen LogP contribution in [0.4, 0.5) is 17.1 Å². The van der Waals surface area contributed by atoms with Crippen molar-refractivity contribution >= 4 is 28.0 Å². The molecule has 9 aromatic rings. The van der Waals surface area contributed by atoms with Crippen LogP contribution in [0.1, 0.15) is 0 Å². The zero-order valence-corrected chi connectivity index (χ0v) is 28.1. The first-order chi connectivity index (χ1) is 25.8. The molecular formula is C47H31N5. The van der Waals surface area contributed by atoms with Gasteiger partial charge in [-0.2, -0.15) is 0 Å². The van der Waals surface area contributed by atoms with Gasteiger partial charge in [0.2, 0.25) is 0 Å². The van der Waals surface area contributed by atoms with Gasteiger partial charge in [-0.25, -0.2) is 9.97 Å². The van der Waals surface area contributed by atoms with Crippen molar-refractivity contribution in [3.05, 3.63) is 188 Å². The van der Waals surface area contributed by atoms with Gasteiger partial charge >= 0.3 is 0 Å². The molecule has 0 radical (unpaired) electrons. The Morgan fingerprint density at radius 2 is 1.00 bits per heavy atom. The van der Waals surface area contributed by atoms with Gasteiger partial charge in [0.15, 0.2) is 5.82 Å². The van der Waals surface area contributed by atoms with E-state index in [2.05, 4.69) is 154 Å². The van der Waals surface area contributed by atoms with E-state index in [1.807, 2.05) is 48.8 Å². The van der Waals surface area contributed by atoms with Crippen LogP contribution in [0.5, 0.6) is 0 Å². The second-order valence-electron chi connectivity index (χ2n) is 12.9. The molecule has 52 heavy (non-hydrogen) atoms. The number of benzene rings is 6. The van der Waals surface area contributed by atoms with Crippen LogP contribution in [0, 0.1) is 0 Å². The third-order valence-corrected chi connectivity index (χ3v) is 9.85. The Morgan fingerprint density at radius 3 is 1.69 bits per heavy atom. The molecule has 0 unspecified atom stereocenters. The van der Waals surface area contributed by atoms with Crippen LogP contribution in [0.15, 0.2) is 188 Å². The molecule has 5 heteroatoms. The number of para-hydroxylation sites is 3. The Labute approximate surface area is 301 Å². The van der Waals surface area contributed by atoms with E-state index < -0.39 is 0 Å². The first kappa shape index (κ1) is 29.8. The maximum Gasteiger partial charge on any atom is 0.160 e. The van der Waals surface area contributed by atoms with E-state index in [1.165, 1.54) is 5.56 Å². The van der Waals surface area contributed by atoms with Crippen LogP contribution in [0.3, 0.4) is 0 Å². The van der Waals surface area contributed by atoms with Crippen LogP contribution >= 0.6 is 0 Å². The molecular weight excluding hydrogens is 635 g/mol. The number of hydrogen-bond donors (Lipinski definition) is 0. The van der Waals surface area contributed by atoms with Gasteiger partial charge in [-0.05, 0) is 48.5 Å². The molecule has 10 rings (SSSR count). The topological polar surface area (TPSA) is 46.8 Å². The molecule has 0 saturated heterocycles. The molecule has 0 aliphatic carbocycles. The fourth-order valence-electron chi connectivity index (χ4n) is 7.51. The molecule has 1 aliphatic rings. The summed E-state index contributed by atoms with van der Waals surface area (Å²) in [5.74, 6) is 0.702. The lowest BCUT2D eigenvalue weighted by Crippen LogP contribution is -2.11. The van der Waals surface area contributed by atoms with Crippen LogP contribution in [-0.4, -0.2) is 19.5 Å². The van der Waals surface area contributed by atoms with Crippen LogP contribution in [0.2, 0.25) is 0 Å². The van der Waals surface area contributed by atoms with Gasteiger partial charge in [-0.1, -0.05) is 127 Å². The molecule has 0 bridgehead atoms. The standard InChI is InChI=1S/C47H31N5/c1-4-14-32(15-5-1)40-30-41(50-47(49-40)34-16-6-2-7-17-34)33-24-26-36(27-25-33)52-44-28-29-48-31-39(44)45-37-20-10-12-22-42(37)51(35-18-8-3-9-19-35)43-23-13-11-21-38(43)46(45)52/h1-31H. The second-order valence-corrected chi connectivity index (χ2v) is 12.9. The normalized spacial score (nSPS) is 11.8. The number of rotatable bonds is 5. The Morgan fingerprint density at radius 1 is 0.442 bits per heavy atom. The minimum absolute atomic E-state index is 0.702. The van der Waals surface area contributed by atoms with Crippen molar-refractivity contribution in [2.75, 3.05) is 4.90 Å². The molecule has 4 heterocycles. The van der Waals surface area contributed by atoms with Crippen molar-refractivity contribution in [1.82, 2.24) is 19.5 Å². The molecule has 1 aliphatic heterocycles. The molecule has 6 aromatic carbocycles. The van der Waals surface area contributed by atoms with Crippen LogP contribution < -0.4 is 4.90 Å². The molecule has 0 atom stereocenters. The smallest absolute Gasteiger partial charge is 0.160 e. The summed E-state index contributed by atoms with van der Waals surface area (Å²) in [4.78, 5) is 17.1. The summed E-state index contributed by atoms with van der Waals surface area (Å²) < 4.78 is 2.39. The highest BCUT2D eigenvalue weighted by Gasteiger charge is 2.31. The third kappa shape index (κ3) is 4.90. The van der Waals surface area contributed by atoms with Gasteiger partial charge in [-0.3, -0.25) is 4.98 Å². The summed E-state index contributed by atoms with van der Waals surface area (Å²) >= 11 is 0. The Balaban J connectivity index is 1.18. The lowest BCUT2D eigenvalue weighted by atomic mass is 9.99. The SMILES string of the molecule is c1ccc(-c2cc(-c3ccc(-n4c5c(c6cnccc64)-c4ccccc4N(c4ccccc4)c4ccccc4-5)cc3)nc(-c3ccccc3)n2)cc1. The van der Waals surface area contributed by atoms with Crippen LogP contribution in [0.25, 0.3) is 72.9 Å². The van der Waals surface area contributed by atoms with Gasteiger partial charge in [0.05, 0.1) is 34.0 Å². The van der Waals surface area contributed by atoms with Crippen molar-refractivity contribution in [2.24, 2.45) is 0 Å². The monoisotopic (exact) mass is 665 g/mol. The summed E-state index contributed by atoms with van der Waals surface area (Å²) in [6.45, 7) is 0. The molecule has 0 amide bonds. The predicted molar refractivity (Wildman–Crippen MR) is 212 cm³/mol. The summed E-state index contributed by atoms with van der Waals surface area (Å²) in [7, 11) is 0. The van der Waals surface area contributed by atoms with Gasteiger partial charge in [-0.15, -0.1) is 0 Å². The highest BCUT2D eigenvalue weighted by molar-refractivity contribution is 6.12. The number of aromatic nitrogens is 4. The van der Waals surface area contributed by atoms with Crippen molar-refractivity contribution in [2.45, 2.75) is 0 Å². The number of pyridine rings is 1. The maximum atomic E-state index is 5.08. The number of nitrogens with zero attached hydrogens (tertiary/aromatic N) is 5. The Hall–Kier alpha value is -7.11. The summed E-state index contributed by atoms with van der Waals surface area (Å²) in [6.07, 6.45) is 3.89. The van der Waals surface area contributed by atoms with Crippen molar-refractivity contribution in [3.63, 3.8) is 0 Å². The average molecular weight is 666 g/mol. The molecule has 5 nitrogen and oxygen atoms in total. The summed E-state index contributed by atoms with van der Waals surface area (Å²) in [5.41, 5.74) is 15.0. The second kappa shape index (κ2) is 12.3. The fourth-order valence-corrected chi connectivity index (χ4v) is 7.51. The molecule has 3 aromatic heterocycles. The largest absolute Gasteiger partial charge is 0.309 e. The molecule has 0 fully saturated rings. The fraction of sp³-hybridized carbons (Fsp3) is 0. The number of fused-ring (bicyclic) bond motifs is 7. The van der Waals surface area contributed by atoms with E-state index >= 15 is 0 Å². The van der Waals surface area contributed by atoms with E-state index in [4.69, 9.17) is 9.97 Å². The molecule has 244 valence electrons. The van der Waals surface area contributed by atoms with Crippen LogP contribution in [-0.2, 0) is 0 Å². The molecule has 0 spiro atoms. The lowest BCUT2D eigenvalue weighted by molar-refractivity contribution is 1.13. The van der Waals surface area contributed by atoms with E-state index in [9.17, 15) is 0 Å². The predicted octanol–water partition coefficient (Wildman–Crippen LogP) is 11.9. The van der Waals surface area contributed by atoms with Crippen molar-refractivity contribution < 1.29 is 0 Å².